The Bertz CT molecular complexity index is 457. The molecule has 1 heterocycles. The average Bonchev–Trinajstić information content (AvgIpc) is 2.51. The van der Waals surface area contributed by atoms with Crippen LogP contribution in [0.1, 0.15) is 34.9 Å². The summed E-state index contributed by atoms with van der Waals surface area (Å²) in [5.74, 6) is -1.27. The monoisotopic (exact) mass is 232 g/mol. The van der Waals surface area contributed by atoms with Gasteiger partial charge in [-0.1, -0.05) is 6.92 Å². The third kappa shape index (κ3) is 2.59. The SMILES string of the molecule is CC[C@@H](c1ccc(C(=O)O)o1)S(C)(=O)=O. The van der Waals surface area contributed by atoms with E-state index in [2.05, 4.69) is 0 Å². The molecule has 0 saturated carbocycles. The predicted octanol–water partition coefficient (Wildman–Crippen LogP) is 1.47. The first kappa shape index (κ1) is 11.8. The van der Waals surface area contributed by atoms with Gasteiger partial charge in [0.1, 0.15) is 11.0 Å². The van der Waals surface area contributed by atoms with E-state index in [0.29, 0.717) is 6.42 Å². The lowest BCUT2D eigenvalue weighted by Crippen LogP contribution is -2.09. The van der Waals surface area contributed by atoms with Crippen LogP contribution in [0.5, 0.6) is 0 Å². The highest BCUT2D eigenvalue weighted by Crippen LogP contribution is 2.26. The number of sulfone groups is 1. The molecule has 84 valence electrons. The van der Waals surface area contributed by atoms with Gasteiger partial charge in [0.05, 0.1) is 0 Å². The standard InChI is InChI=1S/C9H12O5S/c1-3-8(15(2,12)13)6-4-5-7(14-6)9(10)11/h4-5,8H,3H2,1-2H3,(H,10,11)/t8-/m0/s1. The van der Waals surface area contributed by atoms with Gasteiger partial charge in [0.25, 0.3) is 0 Å². The molecule has 0 saturated heterocycles. The lowest BCUT2D eigenvalue weighted by molar-refractivity contribution is 0.0660. The van der Waals surface area contributed by atoms with Crippen LogP contribution < -0.4 is 0 Å². The van der Waals surface area contributed by atoms with E-state index in [1.54, 1.807) is 6.92 Å². The first-order valence-corrected chi connectivity index (χ1v) is 6.33. The number of hydrogen-bond donors (Lipinski definition) is 1. The highest BCUT2D eigenvalue weighted by Gasteiger charge is 2.25. The summed E-state index contributed by atoms with van der Waals surface area (Å²) in [6.07, 6.45) is 1.45. The minimum atomic E-state index is -3.27. The van der Waals surface area contributed by atoms with Gasteiger partial charge in [-0.25, -0.2) is 13.2 Å². The molecule has 0 aromatic carbocycles. The summed E-state index contributed by atoms with van der Waals surface area (Å²) in [6, 6.07) is 2.64. The molecule has 0 bridgehead atoms. The maximum Gasteiger partial charge on any atom is 0.371 e. The van der Waals surface area contributed by atoms with Crippen molar-refractivity contribution in [3.05, 3.63) is 23.7 Å². The second-order valence-corrected chi connectivity index (χ2v) is 5.46. The summed E-state index contributed by atoms with van der Waals surface area (Å²) in [7, 11) is -3.27. The summed E-state index contributed by atoms with van der Waals surface area (Å²) in [4.78, 5) is 10.5. The maximum absolute atomic E-state index is 11.3. The largest absolute Gasteiger partial charge is 0.475 e. The van der Waals surface area contributed by atoms with Crippen molar-refractivity contribution in [2.75, 3.05) is 6.26 Å². The smallest absolute Gasteiger partial charge is 0.371 e. The van der Waals surface area contributed by atoms with Crippen molar-refractivity contribution < 1.29 is 22.7 Å². The Morgan fingerprint density at radius 2 is 2.13 bits per heavy atom. The van der Waals surface area contributed by atoms with E-state index >= 15 is 0 Å². The van der Waals surface area contributed by atoms with E-state index < -0.39 is 21.1 Å². The molecule has 0 amide bonds. The zero-order valence-electron chi connectivity index (χ0n) is 8.43. The Kier molecular flexibility index (Phi) is 3.18. The number of furan rings is 1. The molecule has 5 nitrogen and oxygen atoms in total. The first-order chi connectivity index (χ1) is 6.86. The summed E-state index contributed by atoms with van der Waals surface area (Å²) in [6.45, 7) is 1.70. The zero-order chi connectivity index (χ0) is 11.6. The summed E-state index contributed by atoms with van der Waals surface area (Å²) >= 11 is 0. The van der Waals surface area contributed by atoms with Crippen LogP contribution in [0.15, 0.2) is 16.5 Å². The van der Waals surface area contributed by atoms with Gasteiger partial charge in [0, 0.05) is 6.26 Å². The third-order valence-corrected chi connectivity index (χ3v) is 3.64. The van der Waals surface area contributed by atoms with Crippen LogP contribution in [0.2, 0.25) is 0 Å². The molecule has 0 radical (unpaired) electrons. The van der Waals surface area contributed by atoms with Gasteiger partial charge in [-0.2, -0.15) is 0 Å². The molecule has 1 rings (SSSR count). The van der Waals surface area contributed by atoms with Crippen molar-refractivity contribution >= 4 is 15.8 Å². The van der Waals surface area contributed by atoms with Crippen molar-refractivity contribution in [3.63, 3.8) is 0 Å². The number of aromatic carboxylic acids is 1. The molecule has 1 atom stereocenters. The number of carbonyl (C=O) groups is 1. The van der Waals surface area contributed by atoms with Crippen LogP contribution >= 0.6 is 0 Å². The summed E-state index contributed by atoms with van der Waals surface area (Å²) < 4.78 is 27.6. The van der Waals surface area contributed by atoms with Gasteiger partial charge in [0.2, 0.25) is 5.76 Å². The molecule has 0 aliphatic rings. The van der Waals surface area contributed by atoms with Gasteiger partial charge in [-0.3, -0.25) is 0 Å². The molecule has 0 fully saturated rings. The van der Waals surface area contributed by atoms with Crippen LogP contribution in [-0.4, -0.2) is 25.7 Å². The Morgan fingerprint density at radius 1 is 1.53 bits per heavy atom. The van der Waals surface area contributed by atoms with Gasteiger partial charge in [0.15, 0.2) is 9.84 Å². The number of carboxylic acids is 1. The fourth-order valence-electron chi connectivity index (χ4n) is 1.36. The van der Waals surface area contributed by atoms with Crippen LogP contribution in [0, 0.1) is 0 Å². The lowest BCUT2D eigenvalue weighted by Gasteiger charge is -2.08. The minimum absolute atomic E-state index is 0.178. The van der Waals surface area contributed by atoms with Crippen LogP contribution in [0.3, 0.4) is 0 Å². The van der Waals surface area contributed by atoms with Gasteiger partial charge in [-0.15, -0.1) is 0 Å². The number of carboxylic acid groups (broad SMARTS) is 1. The molecule has 1 N–H and O–H groups in total. The van der Waals surface area contributed by atoms with Crippen LogP contribution in [-0.2, 0) is 9.84 Å². The molecular formula is C9H12O5S. The Hall–Kier alpha value is -1.30. The Balaban J connectivity index is 3.09. The Labute approximate surface area is 87.6 Å². The van der Waals surface area contributed by atoms with Gasteiger partial charge in [-0.05, 0) is 18.6 Å². The van der Waals surface area contributed by atoms with Crippen molar-refractivity contribution in [2.24, 2.45) is 0 Å². The van der Waals surface area contributed by atoms with Crippen LogP contribution in [0.25, 0.3) is 0 Å². The molecule has 1 aromatic heterocycles. The molecule has 0 spiro atoms. The molecule has 6 heteroatoms. The van der Waals surface area contributed by atoms with Crippen molar-refractivity contribution in [2.45, 2.75) is 18.6 Å². The second-order valence-electron chi connectivity index (χ2n) is 3.23. The molecule has 0 unspecified atom stereocenters. The molecule has 1 aromatic rings. The lowest BCUT2D eigenvalue weighted by atomic mass is 10.3. The van der Waals surface area contributed by atoms with E-state index in [1.807, 2.05) is 0 Å². The van der Waals surface area contributed by atoms with E-state index in [4.69, 9.17) is 9.52 Å². The molecule has 0 aliphatic heterocycles. The van der Waals surface area contributed by atoms with Crippen molar-refractivity contribution in [1.29, 1.82) is 0 Å². The molecule has 15 heavy (non-hydrogen) atoms. The van der Waals surface area contributed by atoms with Gasteiger partial charge < -0.3 is 9.52 Å². The normalized spacial score (nSPS) is 13.7. The fourth-order valence-corrected chi connectivity index (χ4v) is 2.51. The minimum Gasteiger partial charge on any atom is -0.475 e. The molecular weight excluding hydrogens is 220 g/mol. The highest BCUT2D eigenvalue weighted by molar-refractivity contribution is 7.90. The Morgan fingerprint density at radius 3 is 2.47 bits per heavy atom. The second kappa shape index (κ2) is 4.06. The topological polar surface area (TPSA) is 84.6 Å². The summed E-state index contributed by atoms with van der Waals surface area (Å²) in [5.41, 5.74) is 0. The predicted molar refractivity (Wildman–Crippen MR) is 53.5 cm³/mol. The van der Waals surface area contributed by atoms with E-state index in [9.17, 15) is 13.2 Å². The highest BCUT2D eigenvalue weighted by atomic mass is 32.2. The maximum atomic E-state index is 11.3. The quantitative estimate of drug-likeness (QED) is 0.849. The molecule has 0 aliphatic carbocycles. The first-order valence-electron chi connectivity index (χ1n) is 4.38. The van der Waals surface area contributed by atoms with E-state index in [-0.39, 0.29) is 11.5 Å². The summed E-state index contributed by atoms with van der Waals surface area (Å²) in [5, 5.41) is 7.84. The van der Waals surface area contributed by atoms with Crippen molar-refractivity contribution in [3.8, 4) is 0 Å². The van der Waals surface area contributed by atoms with Crippen molar-refractivity contribution in [1.82, 2.24) is 0 Å². The van der Waals surface area contributed by atoms with E-state index in [1.165, 1.54) is 12.1 Å². The number of hydrogen-bond acceptors (Lipinski definition) is 4. The fraction of sp³-hybridized carbons (Fsp3) is 0.444. The van der Waals surface area contributed by atoms with E-state index in [0.717, 1.165) is 6.26 Å². The van der Waals surface area contributed by atoms with Gasteiger partial charge >= 0.3 is 5.97 Å². The number of rotatable bonds is 4. The zero-order valence-corrected chi connectivity index (χ0v) is 9.24. The van der Waals surface area contributed by atoms with Crippen LogP contribution in [0.4, 0.5) is 0 Å². The average molecular weight is 232 g/mol. The third-order valence-electron chi connectivity index (χ3n) is 2.04.